The number of nitrogens with zero attached hydrogens (tertiary/aromatic N) is 1. The first kappa shape index (κ1) is 16.1. The SMILES string of the molecule is Cc1cc(=O)[nH]c(-c2cccc(NC(=O)CCc3ccsc3)c2)n1. The molecule has 0 saturated heterocycles. The first-order valence-corrected chi connectivity index (χ1v) is 8.54. The number of amides is 1. The molecule has 0 aliphatic carbocycles. The lowest BCUT2D eigenvalue weighted by molar-refractivity contribution is -0.116. The Morgan fingerprint density at radius 1 is 1.29 bits per heavy atom. The van der Waals surface area contributed by atoms with Gasteiger partial charge in [-0.1, -0.05) is 12.1 Å². The van der Waals surface area contributed by atoms with Crippen molar-refractivity contribution in [3.8, 4) is 11.4 Å². The van der Waals surface area contributed by atoms with Gasteiger partial charge in [0.2, 0.25) is 5.91 Å². The number of aryl methyl sites for hydroxylation is 2. The standard InChI is InChI=1S/C18H17N3O2S/c1-12-9-17(23)21-18(19-12)14-3-2-4-15(10-14)20-16(22)6-5-13-7-8-24-11-13/h2-4,7-11H,5-6H2,1H3,(H,20,22)(H,19,21,23). The molecule has 0 fully saturated rings. The number of aromatic nitrogens is 2. The van der Waals surface area contributed by atoms with Gasteiger partial charge in [-0.2, -0.15) is 11.3 Å². The fourth-order valence-electron chi connectivity index (χ4n) is 2.38. The summed E-state index contributed by atoms with van der Waals surface area (Å²) in [6, 6.07) is 10.8. The largest absolute Gasteiger partial charge is 0.326 e. The number of thiophene rings is 1. The molecule has 6 heteroatoms. The van der Waals surface area contributed by atoms with Crippen molar-refractivity contribution in [2.24, 2.45) is 0 Å². The van der Waals surface area contributed by atoms with Gasteiger partial charge in [0.15, 0.2) is 0 Å². The lowest BCUT2D eigenvalue weighted by Gasteiger charge is -2.07. The van der Waals surface area contributed by atoms with Crippen LogP contribution in [0.1, 0.15) is 17.7 Å². The van der Waals surface area contributed by atoms with Gasteiger partial charge < -0.3 is 10.3 Å². The second-order valence-electron chi connectivity index (χ2n) is 5.50. The van der Waals surface area contributed by atoms with Crippen LogP contribution in [-0.4, -0.2) is 15.9 Å². The van der Waals surface area contributed by atoms with E-state index in [0.29, 0.717) is 23.6 Å². The maximum atomic E-state index is 12.1. The highest BCUT2D eigenvalue weighted by molar-refractivity contribution is 7.07. The van der Waals surface area contributed by atoms with Crippen molar-refractivity contribution in [1.29, 1.82) is 0 Å². The zero-order chi connectivity index (χ0) is 16.9. The van der Waals surface area contributed by atoms with Gasteiger partial charge in [-0.15, -0.1) is 0 Å². The Labute approximate surface area is 143 Å². The molecule has 0 unspecified atom stereocenters. The fraction of sp³-hybridized carbons (Fsp3) is 0.167. The summed E-state index contributed by atoms with van der Waals surface area (Å²) in [5, 5.41) is 6.94. The van der Waals surface area contributed by atoms with Gasteiger partial charge in [0.25, 0.3) is 5.56 Å². The van der Waals surface area contributed by atoms with Crippen LogP contribution in [0.15, 0.2) is 52.0 Å². The van der Waals surface area contributed by atoms with Crippen molar-refractivity contribution in [3.63, 3.8) is 0 Å². The van der Waals surface area contributed by atoms with Crippen LogP contribution in [0.2, 0.25) is 0 Å². The summed E-state index contributed by atoms with van der Waals surface area (Å²) in [4.78, 5) is 30.7. The van der Waals surface area contributed by atoms with E-state index >= 15 is 0 Å². The molecule has 5 nitrogen and oxygen atoms in total. The van der Waals surface area contributed by atoms with E-state index in [9.17, 15) is 9.59 Å². The monoisotopic (exact) mass is 339 g/mol. The van der Waals surface area contributed by atoms with Crippen LogP contribution in [0, 0.1) is 6.92 Å². The van der Waals surface area contributed by atoms with Gasteiger partial charge in [-0.25, -0.2) is 4.98 Å². The molecular weight excluding hydrogens is 322 g/mol. The number of carbonyl (C=O) groups excluding carboxylic acids is 1. The minimum Gasteiger partial charge on any atom is -0.326 e. The molecule has 122 valence electrons. The number of hydrogen-bond acceptors (Lipinski definition) is 4. The number of rotatable bonds is 5. The van der Waals surface area contributed by atoms with Gasteiger partial charge in [0, 0.05) is 29.4 Å². The molecule has 0 bridgehead atoms. The average molecular weight is 339 g/mol. The van der Waals surface area contributed by atoms with Crippen molar-refractivity contribution in [2.75, 3.05) is 5.32 Å². The van der Waals surface area contributed by atoms with Crippen molar-refractivity contribution in [2.45, 2.75) is 19.8 Å². The summed E-state index contributed by atoms with van der Waals surface area (Å²) in [5.41, 5.74) is 3.07. The zero-order valence-electron chi connectivity index (χ0n) is 13.2. The van der Waals surface area contributed by atoms with E-state index in [1.807, 2.05) is 35.0 Å². The van der Waals surface area contributed by atoms with Crippen LogP contribution in [0.3, 0.4) is 0 Å². The number of hydrogen-bond donors (Lipinski definition) is 2. The number of anilines is 1. The van der Waals surface area contributed by atoms with E-state index in [1.165, 1.54) is 11.6 Å². The van der Waals surface area contributed by atoms with Gasteiger partial charge in [-0.05, 0) is 47.9 Å². The highest BCUT2D eigenvalue weighted by atomic mass is 32.1. The molecule has 0 aliphatic heterocycles. The molecule has 2 aromatic heterocycles. The topological polar surface area (TPSA) is 74.8 Å². The highest BCUT2D eigenvalue weighted by Crippen LogP contribution is 2.19. The predicted octanol–water partition coefficient (Wildman–Crippen LogP) is 3.38. The van der Waals surface area contributed by atoms with E-state index in [0.717, 1.165) is 12.0 Å². The zero-order valence-corrected chi connectivity index (χ0v) is 14.0. The Morgan fingerprint density at radius 2 is 2.17 bits per heavy atom. The molecule has 0 aliphatic rings. The lowest BCUT2D eigenvalue weighted by Crippen LogP contribution is -2.12. The molecule has 2 N–H and O–H groups in total. The maximum absolute atomic E-state index is 12.1. The number of carbonyl (C=O) groups is 1. The van der Waals surface area contributed by atoms with Crippen molar-refractivity contribution in [3.05, 3.63) is 68.8 Å². The Hall–Kier alpha value is -2.73. The van der Waals surface area contributed by atoms with Crippen molar-refractivity contribution < 1.29 is 4.79 Å². The first-order valence-electron chi connectivity index (χ1n) is 7.59. The van der Waals surface area contributed by atoms with E-state index in [-0.39, 0.29) is 11.5 Å². The van der Waals surface area contributed by atoms with Crippen molar-refractivity contribution in [1.82, 2.24) is 9.97 Å². The second kappa shape index (κ2) is 7.23. The lowest BCUT2D eigenvalue weighted by atomic mass is 10.1. The third kappa shape index (κ3) is 4.17. The molecule has 0 saturated carbocycles. The van der Waals surface area contributed by atoms with E-state index in [4.69, 9.17) is 0 Å². The fourth-order valence-corrected chi connectivity index (χ4v) is 3.08. The van der Waals surface area contributed by atoms with E-state index in [2.05, 4.69) is 15.3 Å². The van der Waals surface area contributed by atoms with Gasteiger partial charge in [0.1, 0.15) is 5.82 Å². The summed E-state index contributed by atoms with van der Waals surface area (Å²) in [6.45, 7) is 1.77. The molecule has 24 heavy (non-hydrogen) atoms. The Kier molecular flexibility index (Phi) is 4.86. The normalized spacial score (nSPS) is 10.5. The van der Waals surface area contributed by atoms with Crippen LogP contribution in [-0.2, 0) is 11.2 Å². The Morgan fingerprint density at radius 3 is 2.92 bits per heavy atom. The molecule has 1 aromatic carbocycles. The summed E-state index contributed by atoms with van der Waals surface area (Å²) in [7, 11) is 0. The minimum atomic E-state index is -0.192. The average Bonchev–Trinajstić information content (AvgIpc) is 3.06. The van der Waals surface area contributed by atoms with Crippen LogP contribution in [0.4, 0.5) is 5.69 Å². The number of benzene rings is 1. The quantitative estimate of drug-likeness (QED) is 0.748. The third-order valence-corrected chi connectivity index (χ3v) is 4.24. The first-order chi connectivity index (χ1) is 11.6. The molecular formula is C18H17N3O2S. The maximum Gasteiger partial charge on any atom is 0.251 e. The van der Waals surface area contributed by atoms with Gasteiger partial charge in [-0.3, -0.25) is 9.59 Å². The molecule has 1 amide bonds. The molecule has 3 rings (SSSR count). The summed E-state index contributed by atoms with van der Waals surface area (Å²) in [6.07, 6.45) is 1.16. The second-order valence-corrected chi connectivity index (χ2v) is 6.28. The van der Waals surface area contributed by atoms with Crippen LogP contribution >= 0.6 is 11.3 Å². The van der Waals surface area contributed by atoms with Gasteiger partial charge in [0.05, 0.1) is 0 Å². The Bertz CT molecular complexity index is 901. The van der Waals surface area contributed by atoms with Gasteiger partial charge >= 0.3 is 0 Å². The Balaban J connectivity index is 1.70. The summed E-state index contributed by atoms with van der Waals surface area (Å²) in [5.74, 6) is 0.457. The molecule has 0 spiro atoms. The van der Waals surface area contributed by atoms with Crippen LogP contribution in [0.25, 0.3) is 11.4 Å². The minimum absolute atomic E-state index is 0.0379. The predicted molar refractivity (Wildman–Crippen MR) is 96.3 cm³/mol. The van der Waals surface area contributed by atoms with Crippen LogP contribution in [0.5, 0.6) is 0 Å². The molecule has 0 radical (unpaired) electrons. The molecule has 2 heterocycles. The number of nitrogens with one attached hydrogen (secondary N) is 2. The highest BCUT2D eigenvalue weighted by Gasteiger charge is 2.07. The number of H-pyrrole nitrogens is 1. The molecule has 3 aromatic rings. The van der Waals surface area contributed by atoms with E-state index < -0.39 is 0 Å². The van der Waals surface area contributed by atoms with E-state index in [1.54, 1.807) is 24.3 Å². The van der Waals surface area contributed by atoms with Crippen molar-refractivity contribution >= 4 is 22.9 Å². The smallest absolute Gasteiger partial charge is 0.251 e. The summed E-state index contributed by atoms with van der Waals surface area (Å²) >= 11 is 1.63. The number of aromatic amines is 1. The third-order valence-electron chi connectivity index (χ3n) is 3.51. The van der Waals surface area contributed by atoms with Crippen LogP contribution < -0.4 is 10.9 Å². The summed E-state index contributed by atoms with van der Waals surface area (Å²) < 4.78 is 0. The molecule has 0 atom stereocenters.